The zero-order valence-corrected chi connectivity index (χ0v) is 47.7. The Morgan fingerprint density at radius 3 is 1.40 bits per heavy atom. The molecular formula is C52H76Cl2N8O6S4. The van der Waals surface area contributed by atoms with E-state index in [4.69, 9.17) is 33.9 Å². The minimum absolute atomic E-state index is 0. The minimum atomic E-state index is -0.653. The van der Waals surface area contributed by atoms with E-state index in [0.717, 1.165) is 59.4 Å². The van der Waals surface area contributed by atoms with Crippen LogP contribution in [0.4, 0.5) is 0 Å². The number of benzene rings is 2. The van der Waals surface area contributed by atoms with Crippen LogP contribution in [-0.2, 0) is 41.5 Å². The van der Waals surface area contributed by atoms with E-state index in [1.54, 1.807) is 23.5 Å². The molecular weight excluding hydrogens is 1030 g/mol. The van der Waals surface area contributed by atoms with Gasteiger partial charge in [-0.3, -0.25) is 19.2 Å². The van der Waals surface area contributed by atoms with Crippen LogP contribution in [0, 0.1) is 10.8 Å². The summed E-state index contributed by atoms with van der Waals surface area (Å²) in [7, 11) is 3.69. The number of nitrogens with one attached hydrogen (secondary N) is 6. The van der Waals surface area contributed by atoms with Crippen LogP contribution in [0.5, 0.6) is 0 Å². The summed E-state index contributed by atoms with van der Waals surface area (Å²) < 4.78 is 13.3. The highest BCUT2D eigenvalue weighted by molar-refractivity contribution is 8.00. The number of hydrogen-bond donors (Lipinski definition) is 6. The maximum Gasteiger partial charge on any atom is 0.246 e. The Balaban J connectivity index is 0.00000423. The van der Waals surface area contributed by atoms with Gasteiger partial charge >= 0.3 is 0 Å². The first-order valence-electron chi connectivity index (χ1n) is 25.3. The van der Waals surface area contributed by atoms with Crippen LogP contribution in [0.2, 0.25) is 0 Å². The van der Waals surface area contributed by atoms with E-state index in [9.17, 15) is 19.2 Å². The van der Waals surface area contributed by atoms with Gasteiger partial charge in [0.05, 0.1) is 57.1 Å². The summed E-state index contributed by atoms with van der Waals surface area (Å²) in [6.45, 7) is 13.3. The molecule has 2 aliphatic carbocycles. The van der Waals surface area contributed by atoms with Crippen molar-refractivity contribution in [1.82, 2.24) is 41.7 Å². The van der Waals surface area contributed by atoms with Gasteiger partial charge in [-0.05, 0) is 111 Å². The molecule has 4 saturated heterocycles. The molecule has 0 bridgehead atoms. The number of nitrogens with zero attached hydrogens (tertiary/aromatic N) is 2. The van der Waals surface area contributed by atoms with Crippen molar-refractivity contribution >= 4 is 106 Å². The summed E-state index contributed by atoms with van der Waals surface area (Å²) in [5.41, 5.74) is 3.49. The lowest BCUT2D eigenvalue weighted by Gasteiger charge is -2.35. The van der Waals surface area contributed by atoms with Crippen LogP contribution in [0.1, 0.15) is 114 Å². The van der Waals surface area contributed by atoms with Crippen LogP contribution < -0.4 is 31.9 Å². The number of carbonyl (C=O) groups excluding carboxylic acids is 4. The van der Waals surface area contributed by atoms with Crippen molar-refractivity contribution in [1.29, 1.82) is 0 Å². The quantitative estimate of drug-likeness (QED) is 0.0787. The van der Waals surface area contributed by atoms with E-state index in [1.165, 1.54) is 0 Å². The van der Waals surface area contributed by atoms with Gasteiger partial charge in [0.1, 0.15) is 24.2 Å². The smallest absolute Gasteiger partial charge is 0.246 e. The summed E-state index contributed by atoms with van der Waals surface area (Å²) in [5, 5.41) is 19.6. The number of rotatable bonds is 17. The summed E-state index contributed by atoms with van der Waals surface area (Å²) in [6.07, 6.45) is 4.98. The van der Waals surface area contributed by atoms with Gasteiger partial charge < -0.3 is 51.2 Å². The van der Waals surface area contributed by atoms with Crippen molar-refractivity contribution in [3.05, 3.63) is 70.8 Å². The molecule has 4 aliphatic heterocycles. The highest BCUT2D eigenvalue weighted by atomic mass is 35.5. The number of thiocarbonyl (C=S) groups is 2. The predicted octanol–water partition coefficient (Wildman–Crippen LogP) is 6.18. The highest BCUT2D eigenvalue weighted by Crippen LogP contribution is 2.48. The molecule has 0 aromatic heterocycles. The molecule has 0 unspecified atom stereocenters. The maximum absolute atomic E-state index is 14.7. The van der Waals surface area contributed by atoms with Crippen LogP contribution in [0.25, 0.3) is 0 Å². The first-order chi connectivity index (χ1) is 33.4. The Kier molecular flexibility index (Phi) is 20.2. The first kappa shape index (κ1) is 58.5. The molecule has 4 amide bonds. The van der Waals surface area contributed by atoms with Crippen molar-refractivity contribution in [3.8, 4) is 0 Å². The molecule has 12 atom stereocenters. The van der Waals surface area contributed by atoms with Gasteiger partial charge in [-0.15, -0.1) is 48.3 Å². The van der Waals surface area contributed by atoms with E-state index >= 15 is 0 Å². The van der Waals surface area contributed by atoms with E-state index in [2.05, 4.69) is 83.9 Å². The zero-order chi connectivity index (χ0) is 50.1. The number of ether oxygens (including phenoxy) is 2. The Labute approximate surface area is 458 Å². The average Bonchev–Trinajstić information content (AvgIpc) is 3.97. The van der Waals surface area contributed by atoms with E-state index in [0.29, 0.717) is 48.9 Å². The fraction of sp³-hybridized carbons (Fsp3) is 0.654. The van der Waals surface area contributed by atoms with E-state index in [-0.39, 0.29) is 95.6 Å². The van der Waals surface area contributed by atoms with Crippen LogP contribution >= 0.6 is 72.8 Å². The summed E-state index contributed by atoms with van der Waals surface area (Å²) in [5.74, 6) is 1.11. The van der Waals surface area contributed by atoms with E-state index in [1.807, 2.05) is 62.0 Å². The second-order valence-corrected chi connectivity index (χ2v) is 24.8. The standard InChI is InChI=1S/C52H74N8O6S4.2ClH/c1-29(53-7)47(67)55-35-19-23-69-39-27-51(3,4)43(59(39)49(35)63)45(61)57-41-33-17-11-9-15-31(33)25-37(41)65-21-13-14-22-66-38-26-32-16-10-12-18-34(32)42(38)58-46(62)44-52(5,6)28-40-60(44)50(64)36(20-24-70-40)56-48(68)30(2)54-8;;/h9-12,15-18,29-30,35-44,53-54H,13-14,19-28H2,1-8H3,(H,55,67)(H,56,68)(H,57,61)(H,58,62);2*1H/t29-,30-,35-,36-,37+,38+,39-,40-,41-,42-,43+,44+;;/m0../s1. The van der Waals surface area contributed by atoms with Gasteiger partial charge in [-0.25, -0.2) is 0 Å². The first-order valence-corrected chi connectivity index (χ1v) is 28.2. The summed E-state index contributed by atoms with van der Waals surface area (Å²) >= 11 is 14.8. The Morgan fingerprint density at radius 1 is 0.653 bits per heavy atom. The molecule has 0 radical (unpaired) electrons. The number of carbonyl (C=O) groups is 4. The summed E-state index contributed by atoms with van der Waals surface area (Å²) in [6, 6.07) is 13.2. The molecule has 398 valence electrons. The fourth-order valence-corrected chi connectivity index (χ4v) is 15.1. The largest absolute Gasteiger partial charge is 0.375 e. The third-order valence-corrected chi connectivity index (χ3v) is 19.0. The third kappa shape index (κ3) is 12.4. The van der Waals surface area contributed by atoms with Gasteiger partial charge in [0.25, 0.3) is 0 Å². The molecule has 2 aromatic carbocycles. The molecule has 6 N–H and O–H groups in total. The zero-order valence-electron chi connectivity index (χ0n) is 42.8. The molecule has 72 heavy (non-hydrogen) atoms. The Morgan fingerprint density at radius 2 is 1.03 bits per heavy atom. The number of fused-ring (bicyclic) bond motifs is 4. The van der Waals surface area contributed by atoms with Gasteiger partial charge in [0, 0.05) is 26.1 Å². The van der Waals surface area contributed by atoms with Crippen LogP contribution in [0.15, 0.2) is 48.5 Å². The van der Waals surface area contributed by atoms with Gasteiger partial charge in [-0.2, -0.15) is 0 Å². The number of unbranched alkanes of at least 4 members (excludes halogenated alkanes) is 1. The molecule has 14 nitrogen and oxygen atoms in total. The number of likely N-dealkylation sites (N-methyl/N-ethyl adjacent to an activating group) is 2. The molecule has 0 spiro atoms. The Hall–Kier alpha value is -2.78. The minimum Gasteiger partial charge on any atom is -0.375 e. The Bertz CT molecular complexity index is 2140. The molecule has 0 saturated carbocycles. The second kappa shape index (κ2) is 24.9. The maximum atomic E-state index is 14.7. The van der Waals surface area contributed by atoms with Crippen molar-refractivity contribution in [2.45, 2.75) is 164 Å². The van der Waals surface area contributed by atoms with Crippen molar-refractivity contribution in [2.24, 2.45) is 10.8 Å². The average molecular weight is 1110 g/mol. The van der Waals surface area contributed by atoms with Crippen molar-refractivity contribution in [2.75, 3.05) is 38.8 Å². The van der Waals surface area contributed by atoms with Gasteiger partial charge in [0.15, 0.2) is 0 Å². The monoisotopic (exact) mass is 1110 g/mol. The molecule has 2 aromatic rings. The molecule has 8 rings (SSSR count). The second-order valence-electron chi connectivity index (χ2n) is 21.4. The highest BCUT2D eigenvalue weighted by Gasteiger charge is 2.57. The van der Waals surface area contributed by atoms with Crippen LogP contribution in [-0.4, -0.2) is 141 Å². The SMILES string of the molecule is CN[C@@H](C)C(=S)N[C@H]1CCS[C@H]2CC(C)(C)[C@@H](C(=O)N[C@H]3c4ccccc4C[C@H]3OCCCCO[C@@H]3Cc4ccccc4[C@@H]3NC(=O)[C@H]3N4C(=O)[C@@H](NC(=S)[C@H](C)NC)CCS[C@H]4CC3(C)C)N2C1=O.Cl.Cl. The van der Waals surface area contributed by atoms with E-state index < -0.39 is 35.0 Å². The number of hydrogen-bond acceptors (Lipinski definition) is 12. The molecule has 20 heteroatoms. The predicted molar refractivity (Wildman–Crippen MR) is 301 cm³/mol. The van der Waals surface area contributed by atoms with Gasteiger partial charge in [-0.1, -0.05) is 101 Å². The summed E-state index contributed by atoms with van der Waals surface area (Å²) in [4.78, 5) is 62.8. The lowest BCUT2D eigenvalue weighted by Crippen LogP contribution is -2.58. The third-order valence-electron chi connectivity index (χ3n) is 15.5. The number of halogens is 2. The lowest BCUT2D eigenvalue weighted by atomic mass is 9.83. The van der Waals surface area contributed by atoms with Crippen LogP contribution in [0.3, 0.4) is 0 Å². The molecule has 4 fully saturated rings. The number of thioether (sulfide) groups is 2. The lowest BCUT2D eigenvalue weighted by molar-refractivity contribution is -0.143. The number of amides is 4. The van der Waals surface area contributed by atoms with Crippen molar-refractivity contribution < 1.29 is 28.7 Å². The molecule has 4 heterocycles. The van der Waals surface area contributed by atoms with Crippen molar-refractivity contribution in [3.63, 3.8) is 0 Å². The topological polar surface area (TPSA) is 165 Å². The molecule has 6 aliphatic rings. The fourth-order valence-electron chi connectivity index (χ4n) is 11.5. The normalized spacial score (nSPS) is 29.7. The van der Waals surface area contributed by atoms with Gasteiger partial charge in [0.2, 0.25) is 23.6 Å².